The molecule has 0 bridgehead atoms. The molecule has 20 heavy (non-hydrogen) atoms. The lowest BCUT2D eigenvalue weighted by molar-refractivity contribution is -0.114. The molecule has 1 heterocycles. The lowest BCUT2D eigenvalue weighted by Crippen LogP contribution is -2.13. The van der Waals surface area contributed by atoms with Crippen molar-refractivity contribution in [3.05, 3.63) is 35.5 Å². The number of aromatic nitrogens is 1. The van der Waals surface area contributed by atoms with E-state index in [4.69, 9.17) is 5.73 Å². The Kier molecular flexibility index (Phi) is 4.35. The third kappa shape index (κ3) is 3.33. The maximum Gasteiger partial charge on any atom is 0.221 e. The second kappa shape index (κ2) is 6.01. The summed E-state index contributed by atoms with van der Waals surface area (Å²) in [6, 6.07) is 7.92. The monoisotopic (exact) mass is 271 g/mol. The third-order valence-electron chi connectivity index (χ3n) is 3.31. The predicted octanol–water partition coefficient (Wildman–Crippen LogP) is 2.64. The van der Waals surface area contributed by atoms with E-state index in [1.165, 1.54) is 12.5 Å². The number of nitrogens with one attached hydrogen (secondary N) is 1. The summed E-state index contributed by atoms with van der Waals surface area (Å²) in [7, 11) is 0. The topological polar surface area (TPSA) is 68.0 Å². The molecule has 1 aromatic carbocycles. The molecule has 0 radical (unpaired) electrons. The first-order valence-corrected chi connectivity index (χ1v) is 6.87. The Morgan fingerprint density at radius 2 is 2.15 bits per heavy atom. The van der Waals surface area contributed by atoms with Crippen LogP contribution in [0.5, 0.6) is 0 Å². The van der Waals surface area contributed by atoms with Crippen LogP contribution in [0, 0.1) is 12.8 Å². The lowest BCUT2D eigenvalue weighted by Gasteiger charge is -2.13. The molecule has 0 saturated carbocycles. The van der Waals surface area contributed by atoms with E-state index in [-0.39, 0.29) is 5.91 Å². The van der Waals surface area contributed by atoms with Gasteiger partial charge in [0.05, 0.1) is 5.52 Å². The van der Waals surface area contributed by atoms with Crippen molar-refractivity contribution in [3.8, 4) is 0 Å². The van der Waals surface area contributed by atoms with Crippen molar-refractivity contribution < 1.29 is 4.79 Å². The fourth-order valence-electron chi connectivity index (χ4n) is 2.35. The van der Waals surface area contributed by atoms with E-state index in [1.807, 2.05) is 25.1 Å². The van der Waals surface area contributed by atoms with Crippen LogP contribution in [0.4, 0.5) is 5.69 Å². The third-order valence-corrected chi connectivity index (χ3v) is 3.31. The smallest absolute Gasteiger partial charge is 0.221 e. The average Bonchev–Trinajstić information content (AvgIpc) is 2.38. The van der Waals surface area contributed by atoms with E-state index in [0.717, 1.165) is 28.7 Å². The second-order valence-corrected chi connectivity index (χ2v) is 5.38. The molecule has 1 aromatic heterocycles. The largest absolute Gasteiger partial charge is 0.330 e. The van der Waals surface area contributed by atoms with Crippen LogP contribution in [0.2, 0.25) is 0 Å². The highest BCUT2D eigenvalue weighted by Gasteiger charge is 2.09. The van der Waals surface area contributed by atoms with Gasteiger partial charge in [-0.15, -0.1) is 0 Å². The molecule has 4 heteroatoms. The highest BCUT2D eigenvalue weighted by molar-refractivity contribution is 5.93. The molecule has 4 nitrogen and oxygen atoms in total. The van der Waals surface area contributed by atoms with Gasteiger partial charge in [-0.25, -0.2) is 0 Å². The number of hydrogen-bond acceptors (Lipinski definition) is 3. The van der Waals surface area contributed by atoms with Crippen LogP contribution < -0.4 is 11.1 Å². The molecule has 1 atom stereocenters. The first-order chi connectivity index (χ1) is 9.49. The minimum atomic E-state index is -0.0682. The highest BCUT2D eigenvalue weighted by Crippen LogP contribution is 2.24. The molecule has 1 amide bonds. The molecule has 0 saturated heterocycles. The fraction of sp³-hybridized carbons (Fsp3) is 0.375. The first-order valence-electron chi connectivity index (χ1n) is 6.87. The highest BCUT2D eigenvalue weighted by atomic mass is 16.1. The van der Waals surface area contributed by atoms with Crippen molar-refractivity contribution in [2.45, 2.75) is 27.2 Å². The standard InChI is InChI=1S/C16H21N3O/c1-10(9-17)6-13-7-11(2)18-16-5-4-14(8-15(13)16)19-12(3)20/h4-5,7-8,10H,6,9,17H2,1-3H3,(H,19,20). The summed E-state index contributed by atoms with van der Waals surface area (Å²) in [4.78, 5) is 15.7. The molecule has 0 aliphatic rings. The van der Waals surface area contributed by atoms with E-state index in [0.29, 0.717) is 12.5 Å². The zero-order valence-corrected chi connectivity index (χ0v) is 12.2. The number of carbonyl (C=O) groups is 1. The summed E-state index contributed by atoms with van der Waals surface area (Å²) < 4.78 is 0. The molecule has 106 valence electrons. The zero-order chi connectivity index (χ0) is 14.7. The van der Waals surface area contributed by atoms with E-state index < -0.39 is 0 Å². The lowest BCUT2D eigenvalue weighted by atomic mass is 9.97. The molecule has 0 aliphatic carbocycles. The molecule has 2 aromatic rings. The number of benzene rings is 1. The number of amides is 1. The van der Waals surface area contributed by atoms with Crippen LogP contribution in [0.15, 0.2) is 24.3 Å². The Balaban J connectivity index is 2.50. The molecule has 3 N–H and O–H groups in total. The fourth-order valence-corrected chi connectivity index (χ4v) is 2.35. The molecule has 0 aliphatic heterocycles. The van der Waals surface area contributed by atoms with Gasteiger partial charge >= 0.3 is 0 Å². The number of carbonyl (C=O) groups excluding carboxylic acids is 1. The summed E-state index contributed by atoms with van der Waals surface area (Å²) >= 11 is 0. The maximum atomic E-state index is 11.2. The Bertz CT molecular complexity index is 637. The quantitative estimate of drug-likeness (QED) is 0.898. The van der Waals surface area contributed by atoms with Gasteiger partial charge in [-0.3, -0.25) is 9.78 Å². The predicted molar refractivity (Wildman–Crippen MR) is 82.7 cm³/mol. The minimum Gasteiger partial charge on any atom is -0.330 e. The molecule has 0 spiro atoms. The molecular weight excluding hydrogens is 250 g/mol. The van der Waals surface area contributed by atoms with Crippen LogP contribution >= 0.6 is 0 Å². The number of aryl methyl sites for hydroxylation is 1. The number of pyridine rings is 1. The number of anilines is 1. The van der Waals surface area contributed by atoms with Gasteiger partial charge in [0, 0.05) is 23.7 Å². The van der Waals surface area contributed by atoms with Gasteiger partial charge in [0.2, 0.25) is 5.91 Å². The van der Waals surface area contributed by atoms with Gasteiger partial charge in [-0.1, -0.05) is 6.92 Å². The first kappa shape index (κ1) is 14.5. The Labute approximate surface area is 119 Å². The van der Waals surface area contributed by atoms with Gasteiger partial charge in [0.15, 0.2) is 0 Å². The second-order valence-electron chi connectivity index (χ2n) is 5.38. The summed E-state index contributed by atoms with van der Waals surface area (Å²) in [5.74, 6) is 0.353. The number of rotatable bonds is 4. The zero-order valence-electron chi connectivity index (χ0n) is 12.2. The average molecular weight is 271 g/mol. The van der Waals surface area contributed by atoms with Crippen molar-refractivity contribution in [2.75, 3.05) is 11.9 Å². The summed E-state index contributed by atoms with van der Waals surface area (Å²) in [5.41, 5.74) is 9.72. The Morgan fingerprint density at radius 3 is 2.80 bits per heavy atom. The molecular formula is C16H21N3O. The number of nitrogens with two attached hydrogens (primary N) is 1. The number of nitrogens with zero attached hydrogens (tertiary/aromatic N) is 1. The Hall–Kier alpha value is -1.94. The van der Waals surface area contributed by atoms with Gasteiger partial charge in [-0.2, -0.15) is 0 Å². The number of hydrogen-bond donors (Lipinski definition) is 2. The summed E-state index contributed by atoms with van der Waals surface area (Å²) in [6.07, 6.45) is 0.917. The van der Waals surface area contributed by atoms with Gasteiger partial charge < -0.3 is 11.1 Å². The van der Waals surface area contributed by atoms with Crippen LogP contribution in [0.25, 0.3) is 10.9 Å². The van der Waals surface area contributed by atoms with Crippen LogP contribution in [-0.4, -0.2) is 17.4 Å². The van der Waals surface area contributed by atoms with E-state index in [1.54, 1.807) is 0 Å². The molecule has 2 rings (SSSR count). The molecule has 0 fully saturated rings. The van der Waals surface area contributed by atoms with Crippen molar-refractivity contribution >= 4 is 22.5 Å². The van der Waals surface area contributed by atoms with Crippen molar-refractivity contribution in [1.29, 1.82) is 0 Å². The SMILES string of the molecule is CC(=O)Nc1ccc2nc(C)cc(CC(C)CN)c2c1. The minimum absolute atomic E-state index is 0.0682. The van der Waals surface area contributed by atoms with E-state index in [2.05, 4.69) is 23.3 Å². The van der Waals surface area contributed by atoms with E-state index >= 15 is 0 Å². The normalized spacial score (nSPS) is 12.4. The van der Waals surface area contributed by atoms with Crippen LogP contribution in [0.1, 0.15) is 25.1 Å². The summed E-state index contributed by atoms with van der Waals surface area (Å²) in [6.45, 7) is 6.31. The maximum absolute atomic E-state index is 11.2. The van der Waals surface area contributed by atoms with E-state index in [9.17, 15) is 4.79 Å². The van der Waals surface area contributed by atoms with Crippen molar-refractivity contribution in [3.63, 3.8) is 0 Å². The Morgan fingerprint density at radius 1 is 1.40 bits per heavy atom. The van der Waals surface area contributed by atoms with Gasteiger partial charge in [0.1, 0.15) is 0 Å². The van der Waals surface area contributed by atoms with Crippen LogP contribution in [-0.2, 0) is 11.2 Å². The molecule has 1 unspecified atom stereocenters. The van der Waals surface area contributed by atoms with Gasteiger partial charge in [-0.05, 0) is 55.6 Å². The van der Waals surface area contributed by atoms with Crippen molar-refractivity contribution in [1.82, 2.24) is 4.98 Å². The van der Waals surface area contributed by atoms with Crippen molar-refractivity contribution in [2.24, 2.45) is 11.7 Å². The van der Waals surface area contributed by atoms with Gasteiger partial charge in [0.25, 0.3) is 0 Å². The van der Waals surface area contributed by atoms with Crippen LogP contribution in [0.3, 0.4) is 0 Å². The number of fused-ring (bicyclic) bond motifs is 1. The summed E-state index contributed by atoms with van der Waals surface area (Å²) in [5, 5.41) is 3.90.